The molecule has 7 rings (SSSR count). The third-order valence-electron chi connectivity index (χ3n) is 7.11. The van der Waals surface area contributed by atoms with Gasteiger partial charge in [-0.2, -0.15) is 0 Å². The summed E-state index contributed by atoms with van der Waals surface area (Å²) in [6.07, 6.45) is 2.92. The first-order valence-corrected chi connectivity index (χ1v) is 13.7. The molecular formula is C34H26N2S. The van der Waals surface area contributed by atoms with E-state index in [9.17, 15) is 0 Å². The minimum atomic E-state index is 0.573. The number of hydrogen-bond donors (Lipinski definition) is 0. The predicted octanol–water partition coefficient (Wildman–Crippen LogP) is 9.68. The lowest BCUT2D eigenvalue weighted by Crippen LogP contribution is -1.96. The highest BCUT2D eigenvalue weighted by Crippen LogP contribution is 2.42. The molecule has 7 aromatic rings. The molecule has 3 heterocycles. The standard InChI is InChI=1S/C34H26N2S/c1-21(2)17-22-18-28-26-13-8-16-35-34(26)37-33(28)29(19-22)31-20-27(23-9-4-3-5-10-23)32-25-12-7-6-11-24(25)14-15-30(32)36-31/h3-16,18-21H,17H2,1-2H3. The molecule has 0 radical (unpaired) electrons. The number of rotatable bonds is 4. The summed E-state index contributed by atoms with van der Waals surface area (Å²) in [7, 11) is 0. The summed E-state index contributed by atoms with van der Waals surface area (Å²) in [6.45, 7) is 4.56. The van der Waals surface area contributed by atoms with Crippen LogP contribution in [-0.4, -0.2) is 9.97 Å². The van der Waals surface area contributed by atoms with Gasteiger partial charge in [0.1, 0.15) is 4.83 Å². The molecular weight excluding hydrogens is 468 g/mol. The Morgan fingerprint density at radius 3 is 2.41 bits per heavy atom. The zero-order valence-corrected chi connectivity index (χ0v) is 21.7. The summed E-state index contributed by atoms with van der Waals surface area (Å²) in [5, 5.41) is 6.19. The predicted molar refractivity (Wildman–Crippen MR) is 159 cm³/mol. The van der Waals surface area contributed by atoms with Crippen LogP contribution >= 0.6 is 11.3 Å². The van der Waals surface area contributed by atoms with E-state index in [1.807, 2.05) is 12.3 Å². The SMILES string of the molecule is CC(C)Cc1cc(-c2cc(-c3ccccc3)c3c(ccc4ccccc43)n2)c2sc3ncccc3c2c1. The fourth-order valence-corrected chi connectivity index (χ4v) is 6.69. The van der Waals surface area contributed by atoms with Crippen LogP contribution in [-0.2, 0) is 6.42 Å². The lowest BCUT2D eigenvalue weighted by molar-refractivity contribution is 0.648. The second-order valence-electron chi connectivity index (χ2n) is 10.2. The van der Waals surface area contributed by atoms with Crippen molar-refractivity contribution >= 4 is 53.3 Å². The molecule has 3 heteroatoms. The van der Waals surface area contributed by atoms with Crippen molar-refractivity contribution in [3.63, 3.8) is 0 Å². The monoisotopic (exact) mass is 494 g/mol. The van der Waals surface area contributed by atoms with E-state index in [0.29, 0.717) is 5.92 Å². The first-order chi connectivity index (χ1) is 18.2. The van der Waals surface area contributed by atoms with Gasteiger partial charge < -0.3 is 0 Å². The minimum Gasteiger partial charge on any atom is -0.248 e. The summed E-state index contributed by atoms with van der Waals surface area (Å²) in [5.41, 5.74) is 7.02. The van der Waals surface area contributed by atoms with Gasteiger partial charge in [0.15, 0.2) is 0 Å². The van der Waals surface area contributed by atoms with E-state index < -0.39 is 0 Å². The van der Waals surface area contributed by atoms with Gasteiger partial charge in [-0.3, -0.25) is 0 Å². The van der Waals surface area contributed by atoms with E-state index in [2.05, 4.69) is 105 Å². The van der Waals surface area contributed by atoms with Gasteiger partial charge in [0.2, 0.25) is 0 Å². The Kier molecular flexibility index (Phi) is 5.26. The van der Waals surface area contributed by atoms with Gasteiger partial charge in [-0.1, -0.05) is 74.5 Å². The van der Waals surface area contributed by atoms with Crippen LogP contribution in [0.2, 0.25) is 0 Å². The summed E-state index contributed by atoms with van der Waals surface area (Å²) in [4.78, 5) is 11.1. The van der Waals surface area contributed by atoms with E-state index in [1.165, 1.54) is 53.9 Å². The molecule has 0 saturated carbocycles. The maximum absolute atomic E-state index is 5.31. The highest BCUT2D eigenvalue weighted by Gasteiger charge is 2.18. The van der Waals surface area contributed by atoms with Crippen molar-refractivity contribution in [2.24, 2.45) is 5.92 Å². The Morgan fingerprint density at radius 2 is 1.54 bits per heavy atom. The van der Waals surface area contributed by atoms with Crippen molar-refractivity contribution in [1.29, 1.82) is 0 Å². The van der Waals surface area contributed by atoms with E-state index in [-0.39, 0.29) is 0 Å². The van der Waals surface area contributed by atoms with Crippen LogP contribution in [0, 0.1) is 5.92 Å². The fraction of sp³-hybridized carbons (Fsp3) is 0.118. The van der Waals surface area contributed by atoms with Gasteiger partial charge in [-0.15, -0.1) is 11.3 Å². The van der Waals surface area contributed by atoms with Gasteiger partial charge in [0.25, 0.3) is 0 Å². The van der Waals surface area contributed by atoms with E-state index in [0.717, 1.165) is 22.5 Å². The van der Waals surface area contributed by atoms with Crippen molar-refractivity contribution in [2.45, 2.75) is 20.3 Å². The van der Waals surface area contributed by atoms with Crippen molar-refractivity contribution in [3.05, 3.63) is 109 Å². The lowest BCUT2D eigenvalue weighted by atomic mass is 9.93. The number of pyridine rings is 2. The zero-order chi connectivity index (χ0) is 24.9. The molecule has 0 spiro atoms. The maximum atomic E-state index is 5.31. The number of benzene rings is 4. The molecule has 4 aromatic carbocycles. The van der Waals surface area contributed by atoms with Crippen LogP contribution in [0.1, 0.15) is 19.4 Å². The Hall–Kier alpha value is -4.08. The third kappa shape index (κ3) is 3.78. The van der Waals surface area contributed by atoms with Crippen LogP contribution in [0.5, 0.6) is 0 Å². The molecule has 37 heavy (non-hydrogen) atoms. The largest absolute Gasteiger partial charge is 0.248 e. The van der Waals surface area contributed by atoms with Gasteiger partial charge in [0.05, 0.1) is 11.2 Å². The molecule has 2 nitrogen and oxygen atoms in total. The fourth-order valence-electron chi connectivity index (χ4n) is 5.54. The van der Waals surface area contributed by atoms with Crippen LogP contribution < -0.4 is 0 Å². The van der Waals surface area contributed by atoms with Crippen molar-refractivity contribution < 1.29 is 0 Å². The molecule has 3 aromatic heterocycles. The molecule has 0 atom stereocenters. The number of hydrogen-bond acceptors (Lipinski definition) is 3. The third-order valence-corrected chi connectivity index (χ3v) is 8.27. The lowest BCUT2D eigenvalue weighted by Gasteiger charge is -2.15. The first kappa shape index (κ1) is 22.1. The molecule has 0 saturated heterocycles. The van der Waals surface area contributed by atoms with Crippen LogP contribution in [0.3, 0.4) is 0 Å². The number of thiophene rings is 1. The Morgan fingerprint density at radius 1 is 0.730 bits per heavy atom. The van der Waals surface area contributed by atoms with Crippen LogP contribution in [0.15, 0.2) is 103 Å². The molecule has 0 N–H and O–H groups in total. The zero-order valence-electron chi connectivity index (χ0n) is 20.9. The normalized spacial score (nSPS) is 11.9. The maximum Gasteiger partial charge on any atom is 0.124 e. The highest BCUT2D eigenvalue weighted by atomic mass is 32.1. The summed E-state index contributed by atoms with van der Waals surface area (Å²) < 4.78 is 1.26. The van der Waals surface area contributed by atoms with Gasteiger partial charge in [0, 0.05) is 32.6 Å². The Balaban J connectivity index is 1.59. The average Bonchev–Trinajstić information content (AvgIpc) is 3.30. The molecule has 178 valence electrons. The molecule has 0 aliphatic heterocycles. The van der Waals surface area contributed by atoms with Crippen LogP contribution in [0.25, 0.3) is 64.4 Å². The second-order valence-corrected chi connectivity index (χ2v) is 11.2. The Labute approximate surface area is 220 Å². The summed E-state index contributed by atoms with van der Waals surface area (Å²) in [5.74, 6) is 0.573. The van der Waals surface area contributed by atoms with E-state index in [1.54, 1.807) is 11.3 Å². The first-order valence-electron chi connectivity index (χ1n) is 12.8. The molecule has 0 aliphatic rings. The van der Waals surface area contributed by atoms with Crippen molar-refractivity contribution in [1.82, 2.24) is 9.97 Å². The van der Waals surface area contributed by atoms with Crippen molar-refractivity contribution in [2.75, 3.05) is 0 Å². The topological polar surface area (TPSA) is 25.8 Å². The highest BCUT2D eigenvalue weighted by molar-refractivity contribution is 7.26. The Bertz CT molecular complexity index is 1930. The number of aromatic nitrogens is 2. The number of nitrogens with zero attached hydrogens (tertiary/aromatic N) is 2. The minimum absolute atomic E-state index is 0.573. The van der Waals surface area contributed by atoms with E-state index in [4.69, 9.17) is 9.97 Å². The van der Waals surface area contributed by atoms with E-state index >= 15 is 0 Å². The smallest absolute Gasteiger partial charge is 0.124 e. The van der Waals surface area contributed by atoms with Gasteiger partial charge in [-0.05, 0) is 76.2 Å². The average molecular weight is 495 g/mol. The molecule has 0 bridgehead atoms. The molecule has 0 amide bonds. The molecule has 0 aliphatic carbocycles. The molecule has 0 unspecified atom stereocenters. The van der Waals surface area contributed by atoms with Crippen LogP contribution in [0.4, 0.5) is 0 Å². The second kappa shape index (κ2) is 8.79. The summed E-state index contributed by atoms with van der Waals surface area (Å²) in [6, 6.07) is 35.0. The number of fused-ring (bicyclic) bond motifs is 6. The van der Waals surface area contributed by atoms with Crippen molar-refractivity contribution in [3.8, 4) is 22.4 Å². The van der Waals surface area contributed by atoms with Gasteiger partial charge in [-0.25, -0.2) is 9.97 Å². The quantitative estimate of drug-likeness (QED) is 0.228. The van der Waals surface area contributed by atoms with Gasteiger partial charge >= 0.3 is 0 Å². The molecule has 0 fully saturated rings. The summed E-state index contributed by atoms with van der Waals surface area (Å²) >= 11 is 1.77.